The van der Waals surface area contributed by atoms with Crippen LogP contribution < -0.4 is 19.1 Å². The third-order valence-corrected chi connectivity index (χ3v) is 5.83. The Bertz CT molecular complexity index is 714. The van der Waals surface area contributed by atoms with Gasteiger partial charge in [-0.2, -0.15) is 0 Å². The Balaban J connectivity index is 2.08. The maximum absolute atomic E-state index is 12.3. The summed E-state index contributed by atoms with van der Waals surface area (Å²) in [4.78, 5) is 12.3. The normalized spacial score (nSPS) is 15.3. The molecule has 0 unspecified atom stereocenters. The summed E-state index contributed by atoms with van der Waals surface area (Å²) in [7, 11) is -0.525. The molecule has 1 N–H and O–H groups in total. The number of rotatable bonds is 8. The van der Waals surface area contributed by atoms with Gasteiger partial charge in [0.25, 0.3) is 0 Å². The van der Waals surface area contributed by atoms with Crippen LogP contribution in [-0.4, -0.2) is 47.9 Å². The minimum absolute atomic E-state index is 0.0137. The lowest BCUT2D eigenvalue weighted by Crippen LogP contribution is -2.40. The topological polar surface area (TPSA) is 84.9 Å². The van der Waals surface area contributed by atoms with Crippen LogP contribution in [-0.2, 0) is 14.8 Å². The summed E-state index contributed by atoms with van der Waals surface area (Å²) in [5, 5.41) is 2.87. The van der Waals surface area contributed by atoms with Gasteiger partial charge in [-0.3, -0.25) is 9.10 Å². The highest BCUT2D eigenvalue weighted by Crippen LogP contribution is 2.33. The van der Waals surface area contributed by atoms with Crippen LogP contribution in [0, 0.1) is 5.92 Å². The van der Waals surface area contributed by atoms with Crippen LogP contribution in [0.1, 0.15) is 32.1 Å². The number of carbonyl (C=O) groups is 1. The number of carbonyl (C=O) groups excluding carboxylic acids is 1. The molecule has 1 amide bonds. The number of nitrogens with one attached hydrogen (secondary N) is 1. The van der Waals surface area contributed by atoms with Crippen LogP contribution in [0.5, 0.6) is 11.5 Å². The quantitative estimate of drug-likeness (QED) is 0.742. The molecule has 146 valence electrons. The van der Waals surface area contributed by atoms with Crippen LogP contribution in [0.2, 0.25) is 0 Å². The number of nitrogens with zero attached hydrogens (tertiary/aromatic N) is 1. The molecular formula is C18H28N2O5S. The molecular weight excluding hydrogens is 356 g/mol. The second-order valence-electron chi connectivity index (χ2n) is 6.50. The van der Waals surface area contributed by atoms with E-state index in [1.165, 1.54) is 24.9 Å². The van der Waals surface area contributed by atoms with E-state index in [2.05, 4.69) is 5.32 Å². The number of anilines is 1. The van der Waals surface area contributed by atoms with Gasteiger partial charge in [-0.05, 0) is 25.0 Å². The summed E-state index contributed by atoms with van der Waals surface area (Å²) < 4.78 is 36.2. The van der Waals surface area contributed by atoms with Gasteiger partial charge in [-0.25, -0.2) is 8.42 Å². The van der Waals surface area contributed by atoms with Crippen molar-refractivity contribution >= 4 is 21.6 Å². The molecule has 0 aromatic heterocycles. The van der Waals surface area contributed by atoms with Crippen LogP contribution in [0.4, 0.5) is 5.69 Å². The highest BCUT2D eigenvalue weighted by atomic mass is 32.2. The number of methoxy groups -OCH3 is 2. The maximum atomic E-state index is 12.3. The molecule has 7 nitrogen and oxygen atoms in total. The van der Waals surface area contributed by atoms with E-state index in [0.29, 0.717) is 17.2 Å². The fraction of sp³-hybridized carbons (Fsp3) is 0.611. The first-order chi connectivity index (χ1) is 12.4. The third-order valence-electron chi connectivity index (χ3n) is 4.65. The first kappa shape index (κ1) is 20.4. The fourth-order valence-electron chi connectivity index (χ4n) is 3.25. The van der Waals surface area contributed by atoms with Crippen LogP contribution in [0.3, 0.4) is 0 Å². The minimum Gasteiger partial charge on any atom is -0.497 e. The molecule has 1 aliphatic rings. The van der Waals surface area contributed by atoms with E-state index in [-0.39, 0.29) is 24.9 Å². The van der Waals surface area contributed by atoms with Crippen LogP contribution >= 0.6 is 0 Å². The van der Waals surface area contributed by atoms with E-state index in [0.717, 1.165) is 31.9 Å². The Morgan fingerprint density at radius 1 is 1.19 bits per heavy atom. The zero-order valence-corrected chi connectivity index (χ0v) is 16.5. The largest absolute Gasteiger partial charge is 0.497 e. The lowest BCUT2D eigenvalue weighted by molar-refractivity contribution is -0.125. The van der Waals surface area contributed by atoms with Crippen molar-refractivity contribution in [2.75, 3.05) is 37.9 Å². The zero-order chi connectivity index (χ0) is 19.2. The molecule has 0 saturated heterocycles. The van der Waals surface area contributed by atoms with E-state index < -0.39 is 10.0 Å². The molecule has 0 aliphatic heterocycles. The van der Waals surface area contributed by atoms with Gasteiger partial charge in [0.05, 0.1) is 32.7 Å². The molecule has 8 heteroatoms. The molecule has 1 aliphatic carbocycles. The van der Waals surface area contributed by atoms with Crippen molar-refractivity contribution in [2.45, 2.75) is 32.1 Å². The van der Waals surface area contributed by atoms with Crippen molar-refractivity contribution in [1.82, 2.24) is 5.32 Å². The number of amides is 1. The minimum atomic E-state index is -3.53. The second kappa shape index (κ2) is 9.12. The molecule has 1 aromatic rings. The molecule has 0 spiro atoms. The smallest absolute Gasteiger partial charge is 0.232 e. The lowest BCUT2D eigenvalue weighted by atomic mass is 9.89. The van der Waals surface area contributed by atoms with Crippen LogP contribution in [0.25, 0.3) is 0 Å². The Morgan fingerprint density at radius 2 is 1.88 bits per heavy atom. The summed E-state index contributed by atoms with van der Waals surface area (Å²) in [5.41, 5.74) is 0.419. The molecule has 1 fully saturated rings. The first-order valence-corrected chi connectivity index (χ1v) is 10.7. The van der Waals surface area contributed by atoms with Crippen LogP contribution in [0.15, 0.2) is 18.2 Å². The molecule has 2 rings (SSSR count). The van der Waals surface area contributed by atoms with Crippen molar-refractivity contribution in [3.63, 3.8) is 0 Å². The van der Waals surface area contributed by atoms with Gasteiger partial charge < -0.3 is 14.8 Å². The predicted octanol–water partition coefficient (Wildman–Crippen LogP) is 2.17. The Hall–Kier alpha value is -1.96. The monoisotopic (exact) mass is 384 g/mol. The van der Waals surface area contributed by atoms with Gasteiger partial charge in [-0.15, -0.1) is 0 Å². The summed E-state index contributed by atoms with van der Waals surface area (Å²) in [6.45, 7) is 0.386. The number of hydrogen-bond donors (Lipinski definition) is 1. The lowest BCUT2D eigenvalue weighted by Gasteiger charge is -2.26. The average molecular weight is 384 g/mol. The Kier molecular flexibility index (Phi) is 7.14. The molecule has 0 radical (unpaired) electrons. The fourth-order valence-corrected chi connectivity index (χ4v) is 4.18. The summed E-state index contributed by atoms with van der Waals surface area (Å²) in [6.07, 6.45) is 6.30. The van der Waals surface area contributed by atoms with Gasteiger partial charge in [0.2, 0.25) is 15.9 Å². The third kappa shape index (κ3) is 5.27. The number of sulfonamides is 1. The second-order valence-corrected chi connectivity index (χ2v) is 8.41. The van der Waals surface area contributed by atoms with E-state index in [4.69, 9.17) is 9.47 Å². The molecule has 0 heterocycles. The van der Waals surface area contributed by atoms with Gasteiger partial charge in [0, 0.05) is 18.5 Å². The predicted molar refractivity (Wildman–Crippen MR) is 101 cm³/mol. The van der Waals surface area contributed by atoms with E-state index in [1.54, 1.807) is 18.2 Å². The summed E-state index contributed by atoms with van der Waals surface area (Å²) in [5.74, 6) is 1.03. The van der Waals surface area contributed by atoms with Gasteiger partial charge in [0.15, 0.2) is 0 Å². The van der Waals surface area contributed by atoms with Gasteiger partial charge in [-0.1, -0.05) is 19.3 Å². The SMILES string of the molecule is COc1ccc(N(CCNC(=O)C2CCCCC2)S(C)(=O)=O)c(OC)c1. The molecule has 1 aromatic carbocycles. The van der Waals surface area contributed by atoms with E-state index in [1.807, 2.05) is 0 Å². The highest BCUT2D eigenvalue weighted by Gasteiger charge is 2.24. The first-order valence-electron chi connectivity index (χ1n) is 8.84. The van der Waals surface area contributed by atoms with Crippen molar-refractivity contribution in [3.05, 3.63) is 18.2 Å². The highest BCUT2D eigenvalue weighted by molar-refractivity contribution is 7.92. The van der Waals surface area contributed by atoms with Crippen molar-refractivity contribution < 1.29 is 22.7 Å². The summed E-state index contributed by atoms with van der Waals surface area (Å²) in [6, 6.07) is 4.95. The van der Waals surface area contributed by atoms with Gasteiger partial charge in [0.1, 0.15) is 11.5 Å². The van der Waals surface area contributed by atoms with E-state index in [9.17, 15) is 13.2 Å². The average Bonchev–Trinajstić information content (AvgIpc) is 2.64. The van der Waals surface area contributed by atoms with Crippen molar-refractivity contribution in [1.29, 1.82) is 0 Å². The zero-order valence-electron chi connectivity index (χ0n) is 15.7. The Morgan fingerprint density at radius 3 is 2.46 bits per heavy atom. The molecule has 0 atom stereocenters. The molecule has 26 heavy (non-hydrogen) atoms. The number of benzene rings is 1. The molecule has 1 saturated carbocycles. The van der Waals surface area contributed by atoms with E-state index >= 15 is 0 Å². The number of ether oxygens (including phenoxy) is 2. The Labute approximate surface area is 155 Å². The number of hydrogen-bond acceptors (Lipinski definition) is 5. The van der Waals surface area contributed by atoms with Crippen molar-refractivity contribution in [2.24, 2.45) is 5.92 Å². The molecule has 0 bridgehead atoms. The van der Waals surface area contributed by atoms with Gasteiger partial charge >= 0.3 is 0 Å². The standard InChI is InChI=1S/C18H28N2O5S/c1-24-15-9-10-16(17(13-15)25-2)20(26(3,22)23)12-11-19-18(21)14-7-5-4-6-8-14/h9-10,13-14H,4-8,11-12H2,1-3H3,(H,19,21). The summed E-state index contributed by atoms with van der Waals surface area (Å²) >= 11 is 0. The maximum Gasteiger partial charge on any atom is 0.232 e. The van der Waals surface area contributed by atoms with Crippen molar-refractivity contribution in [3.8, 4) is 11.5 Å².